The molecule has 0 radical (unpaired) electrons. The molecule has 0 rings (SSSR count). The number of hydrogen-bond donors (Lipinski definition) is 2. The predicted molar refractivity (Wildman–Crippen MR) is 247 cm³/mol. The quantitative estimate of drug-likeness (QED) is 0.0274. The molecule has 0 aliphatic carbocycles. The van der Waals surface area contributed by atoms with Crippen LogP contribution in [-0.2, 0) is 18.4 Å². The zero-order valence-corrected chi connectivity index (χ0v) is 39.9. The van der Waals surface area contributed by atoms with Gasteiger partial charge in [-0.2, -0.15) is 0 Å². The lowest BCUT2D eigenvalue weighted by Crippen LogP contribution is -2.45. The molecule has 0 heterocycles. The van der Waals surface area contributed by atoms with E-state index >= 15 is 0 Å². The van der Waals surface area contributed by atoms with Gasteiger partial charge in [-0.1, -0.05) is 224 Å². The van der Waals surface area contributed by atoms with Gasteiger partial charge in [-0.05, 0) is 25.7 Å². The number of rotatable bonds is 45. The second kappa shape index (κ2) is 41.3. The minimum Gasteiger partial charge on any atom is -0.756 e. The van der Waals surface area contributed by atoms with Crippen molar-refractivity contribution in [2.24, 2.45) is 0 Å². The zero-order valence-electron chi connectivity index (χ0n) is 39.0. The first kappa shape index (κ1) is 57.0. The molecule has 0 aliphatic heterocycles. The van der Waals surface area contributed by atoms with Crippen LogP contribution in [0.5, 0.6) is 0 Å². The largest absolute Gasteiger partial charge is 0.756 e. The summed E-state index contributed by atoms with van der Waals surface area (Å²) in [6, 6.07) is -0.896. The molecular weight excluding hydrogens is 744 g/mol. The molecule has 3 unspecified atom stereocenters. The Bertz CT molecular complexity index is 1000. The molecule has 0 spiro atoms. The van der Waals surface area contributed by atoms with E-state index in [1.807, 2.05) is 27.2 Å². The lowest BCUT2D eigenvalue weighted by atomic mass is 10.0. The first-order chi connectivity index (χ1) is 28.0. The van der Waals surface area contributed by atoms with Crippen LogP contribution in [0.1, 0.15) is 232 Å². The number of unbranched alkanes of at least 4 members (excludes halogenated alkanes) is 30. The van der Waals surface area contributed by atoms with E-state index in [2.05, 4.69) is 31.3 Å². The van der Waals surface area contributed by atoms with Crippen LogP contribution in [0, 0.1) is 0 Å². The van der Waals surface area contributed by atoms with Crippen LogP contribution in [-0.4, -0.2) is 68.5 Å². The predicted octanol–water partition coefficient (Wildman–Crippen LogP) is 13.5. The van der Waals surface area contributed by atoms with Crippen molar-refractivity contribution < 1.29 is 32.9 Å². The number of phosphoric acid groups is 1. The van der Waals surface area contributed by atoms with Crippen molar-refractivity contribution in [2.45, 2.75) is 244 Å². The Labute approximate surface area is 360 Å². The highest BCUT2D eigenvalue weighted by Crippen LogP contribution is 2.38. The summed E-state index contributed by atoms with van der Waals surface area (Å²) < 4.78 is 23.1. The van der Waals surface area contributed by atoms with E-state index in [9.17, 15) is 19.4 Å². The van der Waals surface area contributed by atoms with Gasteiger partial charge in [0.15, 0.2) is 0 Å². The van der Waals surface area contributed by atoms with E-state index in [0.717, 1.165) is 38.5 Å². The number of carbonyl (C=O) groups excluding carboxylic acids is 1. The van der Waals surface area contributed by atoms with E-state index in [1.165, 1.54) is 173 Å². The number of nitrogens with zero attached hydrogens (tertiary/aromatic N) is 1. The summed E-state index contributed by atoms with van der Waals surface area (Å²) in [6.45, 7) is 4.56. The number of allylic oxidation sites excluding steroid dienone is 3. The summed E-state index contributed by atoms with van der Waals surface area (Å²) in [6.07, 6.45) is 49.9. The van der Waals surface area contributed by atoms with E-state index in [4.69, 9.17) is 9.05 Å². The van der Waals surface area contributed by atoms with Gasteiger partial charge in [0, 0.05) is 6.42 Å². The summed E-state index contributed by atoms with van der Waals surface area (Å²) >= 11 is 0. The highest BCUT2D eigenvalue weighted by Gasteiger charge is 2.23. The SMILES string of the molecule is CCCC/C=C/CC/C=C/C(O)C(COP(=O)([O-])OCC[N+](C)(C)C)NC(=O)CCCCCCCCCCCCCCCCCCCCCCCCCCCCCC. The van der Waals surface area contributed by atoms with Gasteiger partial charge >= 0.3 is 0 Å². The Morgan fingerprint density at radius 2 is 0.966 bits per heavy atom. The summed E-state index contributed by atoms with van der Waals surface area (Å²) in [7, 11) is 1.25. The fourth-order valence-electron chi connectivity index (χ4n) is 7.21. The molecule has 0 fully saturated rings. The number of carbonyl (C=O) groups is 1. The Morgan fingerprint density at radius 3 is 1.38 bits per heavy atom. The molecule has 344 valence electrons. The van der Waals surface area contributed by atoms with Gasteiger partial charge in [0.05, 0.1) is 39.9 Å². The smallest absolute Gasteiger partial charge is 0.268 e. The Balaban J connectivity index is 3.98. The fraction of sp³-hybridized carbons (Fsp3) is 0.898. The molecule has 0 aromatic rings. The average Bonchev–Trinajstić information content (AvgIpc) is 3.17. The van der Waals surface area contributed by atoms with Gasteiger partial charge in [0.2, 0.25) is 5.91 Å². The van der Waals surface area contributed by atoms with Gasteiger partial charge in [0.25, 0.3) is 7.82 Å². The number of hydrogen-bond acceptors (Lipinski definition) is 6. The number of phosphoric ester groups is 1. The third-order valence-corrected chi connectivity index (χ3v) is 12.1. The van der Waals surface area contributed by atoms with Crippen LogP contribution in [0.2, 0.25) is 0 Å². The lowest BCUT2D eigenvalue weighted by molar-refractivity contribution is -0.870. The van der Waals surface area contributed by atoms with Gasteiger partial charge in [-0.3, -0.25) is 9.36 Å². The molecule has 0 saturated carbocycles. The van der Waals surface area contributed by atoms with Crippen molar-refractivity contribution >= 4 is 13.7 Å². The second-order valence-corrected chi connectivity index (χ2v) is 19.6. The molecule has 0 aromatic heterocycles. The summed E-state index contributed by atoms with van der Waals surface area (Å²) in [5.74, 6) is -0.207. The standard InChI is InChI=1S/C49H97N2O6P/c1-6-8-10-12-14-16-17-18-19-20-21-22-23-24-25-26-27-28-29-30-31-32-33-34-35-37-39-41-43-49(53)50-47(46-57-58(54,55)56-45-44-51(3,4)5)48(52)42-40-38-36-15-13-11-9-7-2/h13,15,40,42,47-48,52H,6-12,14,16-39,41,43-46H2,1-5H3,(H-,50,53,54,55)/b15-13+,42-40+. The summed E-state index contributed by atoms with van der Waals surface area (Å²) in [4.78, 5) is 25.2. The zero-order chi connectivity index (χ0) is 42.8. The number of aliphatic hydroxyl groups excluding tert-OH is 1. The Morgan fingerprint density at radius 1 is 0.586 bits per heavy atom. The number of nitrogens with one attached hydrogen (secondary N) is 1. The molecule has 2 N–H and O–H groups in total. The maximum absolute atomic E-state index is 12.8. The maximum atomic E-state index is 12.8. The van der Waals surface area contributed by atoms with Crippen LogP contribution in [0.3, 0.4) is 0 Å². The number of aliphatic hydroxyl groups is 1. The highest BCUT2D eigenvalue weighted by molar-refractivity contribution is 7.45. The fourth-order valence-corrected chi connectivity index (χ4v) is 7.94. The van der Waals surface area contributed by atoms with E-state index in [0.29, 0.717) is 17.4 Å². The molecular formula is C49H97N2O6P. The Kier molecular flexibility index (Phi) is 40.6. The Hall–Kier alpha value is -1.02. The van der Waals surface area contributed by atoms with Gasteiger partial charge < -0.3 is 28.8 Å². The van der Waals surface area contributed by atoms with Gasteiger partial charge in [-0.25, -0.2) is 0 Å². The van der Waals surface area contributed by atoms with Crippen LogP contribution in [0.15, 0.2) is 24.3 Å². The monoisotopic (exact) mass is 841 g/mol. The molecule has 58 heavy (non-hydrogen) atoms. The van der Waals surface area contributed by atoms with Crippen molar-refractivity contribution in [3.63, 3.8) is 0 Å². The van der Waals surface area contributed by atoms with Crippen molar-refractivity contribution in [1.82, 2.24) is 5.32 Å². The van der Waals surface area contributed by atoms with Crippen LogP contribution in [0.25, 0.3) is 0 Å². The third-order valence-electron chi connectivity index (χ3n) is 11.2. The minimum atomic E-state index is -4.58. The lowest BCUT2D eigenvalue weighted by Gasteiger charge is -2.29. The van der Waals surface area contributed by atoms with Crippen molar-refractivity contribution in [3.8, 4) is 0 Å². The molecule has 0 bridgehead atoms. The van der Waals surface area contributed by atoms with E-state index in [1.54, 1.807) is 6.08 Å². The van der Waals surface area contributed by atoms with Crippen molar-refractivity contribution in [1.29, 1.82) is 0 Å². The molecule has 0 aromatic carbocycles. The van der Waals surface area contributed by atoms with E-state index in [-0.39, 0.29) is 19.1 Å². The molecule has 0 aliphatic rings. The third kappa shape index (κ3) is 43.1. The topological polar surface area (TPSA) is 108 Å². The summed E-state index contributed by atoms with van der Waals surface area (Å²) in [5, 5.41) is 13.7. The second-order valence-electron chi connectivity index (χ2n) is 18.2. The van der Waals surface area contributed by atoms with Crippen LogP contribution in [0.4, 0.5) is 0 Å². The van der Waals surface area contributed by atoms with Crippen LogP contribution < -0.4 is 10.2 Å². The number of quaternary nitrogens is 1. The molecule has 8 nitrogen and oxygen atoms in total. The normalized spacial score (nSPS) is 14.4. The highest BCUT2D eigenvalue weighted by atomic mass is 31.2. The number of likely N-dealkylation sites (N-methyl/N-ethyl adjacent to an activating group) is 1. The van der Waals surface area contributed by atoms with Gasteiger partial charge in [0.1, 0.15) is 13.2 Å². The first-order valence-corrected chi connectivity index (χ1v) is 26.2. The van der Waals surface area contributed by atoms with Crippen LogP contribution >= 0.6 is 7.82 Å². The molecule has 1 amide bonds. The molecule has 0 saturated heterocycles. The van der Waals surface area contributed by atoms with Crippen molar-refractivity contribution in [2.75, 3.05) is 40.9 Å². The van der Waals surface area contributed by atoms with Crippen molar-refractivity contribution in [3.05, 3.63) is 24.3 Å². The van der Waals surface area contributed by atoms with E-state index < -0.39 is 20.0 Å². The first-order valence-electron chi connectivity index (χ1n) is 24.7. The van der Waals surface area contributed by atoms with Gasteiger partial charge in [-0.15, -0.1) is 0 Å². The maximum Gasteiger partial charge on any atom is 0.268 e. The number of amides is 1. The molecule has 9 heteroatoms. The average molecular weight is 841 g/mol. The summed E-state index contributed by atoms with van der Waals surface area (Å²) in [5.41, 5.74) is 0. The molecule has 3 atom stereocenters. The minimum absolute atomic E-state index is 0.00478.